The molecule has 1 heterocycles. The Hall–Kier alpha value is -2.17. The molecule has 1 N–H and O–H groups in total. The van der Waals surface area contributed by atoms with Gasteiger partial charge in [-0.3, -0.25) is 9.48 Å². The Morgan fingerprint density at radius 2 is 2.00 bits per heavy atom. The molecule has 0 aliphatic rings. The van der Waals surface area contributed by atoms with E-state index in [9.17, 15) is 9.90 Å². The lowest BCUT2D eigenvalue weighted by Gasteiger charge is -2.28. The minimum absolute atomic E-state index is 0.350. The van der Waals surface area contributed by atoms with Gasteiger partial charge < -0.3 is 5.11 Å². The van der Waals surface area contributed by atoms with Crippen LogP contribution in [0.2, 0.25) is 0 Å². The topological polar surface area (TPSA) is 68.0 Å². The van der Waals surface area contributed by atoms with Crippen molar-refractivity contribution in [1.82, 2.24) is 14.8 Å². The van der Waals surface area contributed by atoms with E-state index < -0.39 is 11.4 Å². The fourth-order valence-corrected chi connectivity index (χ4v) is 2.63. The molecular formula is C16H21N3O2. The van der Waals surface area contributed by atoms with Gasteiger partial charge in [0.05, 0.1) is 5.41 Å². The van der Waals surface area contributed by atoms with Crippen LogP contribution in [-0.4, -0.2) is 25.8 Å². The van der Waals surface area contributed by atoms with Crippen LogP contribution >= 0.6 is 0 Å². The highest BCUT2D eigenvalue weighted by Gasteiger charge is 2.40. The lowest BCUT2D eigenvalue weighted by Crippen LogP contribution is -2.38. The Labute approximate surface area is 124 Å². The van der Waals surface area contributed by atoms with E-state index in [2.05, 4.69) is 17.0 Å². The molecule has 0 bridgehead atoms. The van der Waals surface area contributed by atoms with Crippen molar-refractivity contribution in [3.05, 3.63) is 48.0 Å². The first-order chi connectivity index (χ1) is 10.1. The molecule has 0 fully saturated rings. The molecular weight excluding hydrogens is 266 g/mol. The Bertz CT molecular complexity index is 595. The van der Waals surface area contributed by atoms with E-state index in [4.69, 9.17) is 0 Å². The number of carboxylic acids is 1. The summed E-state index contributed by atoms with van der Waals surface area (Å²) >= 11 is 0. The van der Waals surface area contributed by atoms with Crippen LogP contribution < -0.4 is 0 Å². The van der Waals surface area contributed by atoms with E-state index in [1.807, 2.05) is 37.3 Å². The van der Waals surface area contributed by atoms with Gasteiger partial charge in [0.15, 0.2) is 0 Å². The van der Waals surface area contributed by atoms with Crippen molar-refractivity contribution in [2.75, 3.05) is 0 Å². The van der Waals surface area contributed by atoms with Crippen LogP contribution in [0.4, 0.5) is 0 Å². The number of carbonyl (C=O) groups is 1. The molecule has 1 unspecified atom stereocenters. The normalized spacial score (nSPS) is 13.8. The summed E-state index contributed by atoms with van der Waals surface area (Å²) in [4.78, 5) is 16.3. The highest BCUT2D eigenvalue weighted by Crippen LogP contribution is 2.32. The van der Waals surface area contributed by atoms with E-state index in [1.54, 1.807) is 4.68 Å². The molecule has 0 spiro atoms. The van der Waals surface area contributed by atoms with Crippen molar-refractivity contribution in [3.63, 3.8) is 0 Å². The number of carboxylic acid groups (broad SMARTS) is 1. The molecule has 1 aromatic heterocycles. The second-order valence-corrected chi connectivity index (χ2v) is 5.18. The molecule has 5 nitrogen and oxygen atoms in total. The molecule has 5 heteroatoms. The fraction of sp³-hybridized carbons (Fsp3) is 0.438. The largest absolute Gasteiger partial charge is 0.481 e. The van der Waals surface area contributed by atoms with Gasteiger partial charge in [0.2, 0.25) is 0 Å². The maximum Gasteiger partial charge on any atom is 0.314 e. The number of rotatable bonds is 7. The minimum Gasteiger partial charge on any atom is -0.481 e. The second-order valence-electron chi connectivity index (χ2n) is 5.18. The summed E-state index contributed by atoms with van der Waals surface area (Å²) < 4.78 is 1.80. The number of aliphatic carboxylic acids is 1. The van der Waals surface area contributed by atoms with Crippen LogP contribution in [0.3, 0.4) is 0 Å². The van der Waals surface area contributed by atoms with E-state index in [-0.39, 0.29) is 0 Å². The SMILES string of the molecule is CCCn1ncnc1CC(CC)(C(=O)O)c1ccccc1. The summed E-state index contributed by atoms with van der Waals surface area (Å²) in [5, 5.41) is 14.0. The van der Waals surface area contributed by atoms with Gasteiger partial charge in [0.1, 0.15) is 12.2 Å². The second kappa shape index (κ2) is 6.52. The van der Waals surface area contributed by atoms with E-state index in [0.29, 0.717) is 12.8 Å². The van der Waals surface area contributed by atoms with Gasteiger partial charge in [-0.15, -0.1) is 0 Å². The highest BCUT2D eigenvalue weighted by molar-refractivity contribution is 5.81. The van der Waals surface area contributed by atoms with Gasteiger partial charge >= 0.3 is 5.97 Å². The summed E-state index contributed by atoms with van der Waals surface area (Å²) in [6.07, 6.45) is 3.29. The minimum atomic E-state index is -0.959. The van der Waals surface area contributed by atoms with E-state index in [1.165, 1.54) is 6.33 Å². The molecule has 0 radical (unpaired) electrons. The Morgan fingerprint density at radius 3 is 2.57 bits per heavy atom. The van der Waals surface area contributed by atoms with Crippen molar-refractivity contribution in [2.24, 2.45) is 0 Å². The first-order valence-corrected chi connectivity index (χ1v) is 7.29. The van der Waals surface area contributed by atoms with E-state index >= 15 is 0 Å². The standard InChI is InChI=1S/C16H21N3O2/c1-3-10-19-14(17-12-18-19)11-16(4-2,15(20)21)13-8-6-5-7-9-13/h5-9,12H,3-4,10-11H2,1-2H3,(H,20,21). The number of benzene rings is 1. The smallest absolute Gasteiger partial charge is 0.314 e. The number of aryl methyl sites for hydroxylation is 1. The maximum absolute atomic E-state index is 12.0. The van der Waals surface area contributed by atoms with Crippen LogP contribution in [-0.2, 0) is 23.2 Å². The third kappa shape index (κ3) is 2.96. The first-order valence-electron chi connectivity index (χ1n) is 7.29. The van der Waals surface area contributed by atoms with Crippen molar-refractivity contribution in [3.8, 4) is 0 Å². The molecule has 1 aromatic carbocycles. The Balaban J connectivity index is 2.42. The zero-order chi connectivity index (χ0) is 15.3. The van der Waals surface area contributed by atoms with Crippen LogP contribution in [0, 0.1) is 0 Å². The number of hydrogen-bond acceptors (Lipinski definition) is 3. The molecule has 2 rings (SSSR count). The Kier molecular flexibility index (Phi) is 4.73. The fourth-order valence-electron chi connectivity index (χ4n) is 2.63. The van der Waals surface area contributed by atoms with Gasteiger partial charge in [0, 0.05) is 13.0 Å². The average molecular weight is 287 g/mol. The molecule has 1 atom stereocenters. The summed E-state index contributed by atoms with van der Waals surface area (Å²) in [6, 6.07) is 9.39. The van der Waals surface area contributed by atoms with Gasteiger partial charge in [-0.1, -0.05) is 44.2 Å². The van der Waals surface area contributed by atoms with Crippen molar-refractivity contribution in [2.45, 2.75) is 45.1 Å². The highest BCUT2D eigenvalue weighted by atomic mass is 16.4. The third-order valence-corrected chi connectivity index (χ3v) is 3.93. The molecule has 0 aliphatic carbocycles. The summed E-state index contributed by atoms with van der Waals surface area (Å²) in [6.45, 7) is 4.72. The van der Waals surface area contributed by atoms with Crippen LogP contribution in [0.5, 0.6) is 0 Å². The predicted molar refractivity (Wildman–Crippen MR) is 80.1 cm³/mol. The molecule has 112 valence electrons. The van der Waals surface area contributed by atoms with Crippen molar-refractivity contribution >= 4 is 5.97 Å². The van der Waals surface area contributed by atoms with E-state index in [0.717, 1.165) is 24.4 Å². The number of aromatic nitrogens is 3. The molecule has 0 saturated heterocycles. The van der Waals surface area contributed by atoms with Crippen LogP contribution in [0.25, 0.3) is 0 Å². The lowest BCUT2D eigenvalue weighted by molar-refractivity contribution is -0.144. The van der Waals surface area contributed by atoms with Gasteiger partial charge in [0.25, 0.3) is 0 Å². The first kappa shape index (κ1) is 15.2. The lowest BCUT2D eigenvalue weighted by atomic mass is 9.75. The zero-order valence-electron chi connectivity index (χ0n) is 12.5. The van der Waals surface area contributed by atoms with Crippen LogP contribution in [0.1, 0.15) is 38.1 Å². The van der Waals surface area contributed by atoms with Gasteiger partial charge in [-0.2, -0.15) is 5.10 Å². The maximum atomic E-state index is 12.0. The summed E-state index contributed by atoms with van der Waals surface area (Å²) in [7, 11) is 0. The molecule has 0 aliphatic heterocycles. The van der Waals surface area contributed by atoms with Crippen LogP contribution in [0.15, 0.2) is 36.7 Å². The molecule has 0 amide bonds. The number of nitrogens with zero attached hydrogens (tertiary/aromatic N) is 3. The molecule has 0 saturated carbocycles. The molecule has 21 heavy (non-hydrogen) atoms. The van der Waals surface area contributed by atoms with Crippen molar-refractivity contribution < 1.29 is 9.90 Å². The molecule has 2 aromatic rings. The third-order valence-electron chi connectivity index (χ3n) is 3.93. The summed E-state index contributed by atoms with van der Waals surface area (Å²) in [5.41, 5.74) is -0.147. The van der Waals surface area contributed by atoms with Crippen molar-refractivity contribution in [1.29, 1.82) is 0 Å². The predicted octanol–water partition coefficient (Wildman–Crippen LogP) is 2.66. The Morgan fingerprint density at radius 1 is 1.29 bits per heavy atom. The average Bonchev–Trinajstić information content (AvgIpc) is 2.93. The monoisotopic (exact) mass is 287 g/mol. The summed E-state index contributed by atoms with van der Waals surface area (Å²) in [5.74, 6) is -0.0906. The quantitative estimate of drug-likeness (QED) is 0.850. The zero-order valence-corrected chi connectivity index (χ0v) is 12.5. The number of hydrogen-bond donors (Lipinski definition) is 1. The van der Waals surface area contributed by atoms with Gasteiger partial charge in [-0.25, -0.2) is 4.98 Å². The van der Waals surface area contributed by atoms with Gasteiger partial charge in [-0.05, 0) is 18.4 Å².